The van der Waals surface area contributed by atoms with Gasteiger partial charge < -0.3 is 9.64 Å². The second-order valence-corrected chi connectivity index (χ2v) is 9.62. The van der Waals surface area contributed by atoms with Gasteiger partial charge >= 0.3 is 0 Å². The van der Waals surface area contributed by atoms with Crippen LogP contribution in [0.2, 0.25) is 0 Å². The fourth-order valence-corrected chi connectivity index (χ4v) is 4.81. The molecule has 2 aromatic rings. The van der Waals surface area contributed by atoms with E-state index in [1.807, 2.05) is 4.90 Å². The molecule has 1 saturated heterocycles. The van der Waals surface area contributed by atoms with E-state index in [0.29, 0.717) is 23.1 Å². The van der Waals surface area contributed by atoms with Crippen molar-refractivity contribution in [2.45, 2.75) is 31.7 Å². The molecule has 1 aliphatic rings. The minimum atomic E-state index is -3.62. The van der Waals surface area contributed by atoms with Crippen molar-refractivity contribution >= 4 is 15.9 Å². The Hall–Kier alpha value is -2.38. The Bertz CT molecular complexity index is 930. The van der Waals surface area contributed by atoms with Crippen LogP contribution in [0, 0.1) is 11.8 Å². The highest BCUT2D eigenvalue weighted by Crippen LogP contribution is 2.22. The van der Waals surface area contributed by atoms with Crippen LogP contribution in [-0.2, 0) is 16.6 Å². The van der Waals surface area contributed by atoms with E-state index in [1.54, 1.807) is 36.4 Å². The van der Waals surface area contributed by atoms with Crippen LogP contribution in [0.4, 0.5) is 0 Å². The van der Waals surface area contributed by atoms with E-state index >= 15 is 0 Å². The van der Waals surface area contributed by atoms with Gasteiger partial charge in [-0.25, -0.2) is 13.1 Å². The highest BCUT2D eigenvalue weighted by Gasteiger charge is 2.26. The van der Waals surface area contributed by atoms with Crippen molar-refractivity contribution in [1.82, 2.24) is 9.62 Å². The van der Waals surface area contributed by atoms with Gasteiger partial charge in [0, 0.05) is 25.2 Å². The van der Waals surface area contributed by atoms with Crippen LogP contribution < -0.4 is 9.46 Å². The topological polar surface area (TPSA) is 75.7 Å². The lowest BCUT2D eigenvalue weighted by Gasteiger charge is -2.35. The largest absolute Gasteiger partial charge is 0.497 e. The van der Waals surface area contributed by atoms with Crippen LogP contribution in [0.3, 0.4) is 0 Å². The van der Waals surface area contributed by atoms with E-state index in [2.05, 4.69) is 18.6 Å². The van der Waals surface area contributed by atoms with E-state index in [4.69, 9.17) is 4.74 Å². The third-order valence-electron chi connectivity index (χ3n) is 5.19. The number of hydrogen-bond donors (Lipinski definition) is 1. The number of benzene rings is 2. The van der Waals surface area contributed by atoms with E-state index in [1.165, 1.54) is 19.2 Å². The number of nitrogens with zero attached hydrogens (tertiary/aromatic N) is 1. The Morgan fingerprint density at radius 3 is 2.17 bits per heavy atom. The first-order chi connectivity index (χ1) is 13.8. The number of ether oxygens (including phenoxy) is 1. The summed E-state index contributed by atoms with van der Waals surface area (Å²) in [6.45, 7) is 6.07. The first kappa shape index (κ1) is 21.3. The maximum atomic E-state index is 12.8. The molecule has 156 valence electrons. The molecule has 29 heavy (non-hydrogen) atoms. The van der Waals surface area contributed by atoms with Crippen LogP contribution in [-0.4, -0.2) is 39.4 Å². The molecule has 1 aliphatic heterocycles. The standard InChI is InChI=1S/C22H28N2O4S/c1-16-12-17(2)15-24(14-16)22(25)19-6-4-18(5-7-19)13-23-29(26,27)21-10-8-20(28-3)9-11-21/h4-11,16-17,23H,12-15H2,1-3H3/t16-,17-/m0/s1. The molecule has 1 N–H and O–H groups in total. The normalized spacial score (nSPS) is 19.8. The lowest BCUT2D eigenvalue weighted by atomic mass is 9.91. The van der Waals surface area contributed by atoms with Crippen molar-refractivity contribution in [3.63, 3.8) is 0 Å². The van der Waals surface area contributed by atoms with Crippen LogP contribution in [0.5, 0.6) is 5.75 Å². The van der Waals surface area contributed by atoms with Crippen molar-refractivity contribution in [1.29, 1.82) is 0 Å². The third kappa shape index (κ3) is 5.36. The smallest absolute Gasteiger partial charge is 0.253 e. The average molecular weight is 417 g/mol. The number of rotatable bonds is 6. The van der Waals surface area contributed by atoms with Crippen molar-refractivity contribution < 1.29 is 17.9 Å². The molecule has 1 heterocycles. The minimum Gasteiger partial charge on any atom is -0.497 e. The first-order valence-electron chi connectivity index (χ1n) is 9.80. The number of carbonyl (C=O) groups excluding carboxylic acids is 1. The van der Waals surface area contributed by atoms with E-state index in [0.717, 1.165) is 25.1 Å². The molecule has 0 radical (unpaired) electrons. The van der Waals surface area contributed by atoms with Crippen molar-refractivity contribution in [3.8, 4) is 5.75 Å². The second-order valence-electron chi connectivity index (χ2n) is 7.85. The zero-order valence-electron chi connectivity index (χ0n) is 17.1. The molecule has 1 fully saturated rings. The average Bonchev–Trinajstić information content (AvgIpc) is 2.71. The molecule has 2 atom stereocenters. The van der Waals surface area contributed by atoms with Crippen LogP contribution in [0.1, 0.15) is 36.2 Å². The molecule has 0 saturated carbocycles. The predicted octanol–water partition coefficient (Wildman–Crippen LogP) is 3.29. The maximum absolute atomic E-state index is 12.8. The van der Waals surface area contributed by atoms with Gasteiger partial charge in [-0.05, 0) is 60.2 Å². The molecule has 6 nitrogen and oxygen atoms in total. The Morgan fingerprint density at radius 2 is 1.62 bits per heavy atom. The van der Waals surface area contributed by atoms with Gasteiger partial charge in [0.05, 0.1) is 12.0 Å². The molecule has 0 aliphatic carbocycles. The number of methoxy groups -OCH3 is 1. The lowest BCUT2D eigenvalue weighted by Crippen LogP contribution is -2.42. The summed E-state index contributed by atoms with van der Waals surface area (Å²) in [4.78, 5) is 14.9. The number of likely N-dealkylation sites (tertiary alicyclic amines) is 1. The zero-order chi connectivity index (χ0) is 21.0. The first-order valence-corrected chi connectivity index (χ1v) is 11.3. The van der Waals surface area contributed by atoms with Gasteiger partial charge in [0.1, 0.15) is 5.75 Å². The van der Waals surface area contributed by atoms with Crippen molar-refractivity contribution in [3.05, 3.63) is 59.7 Å². The highest BCUT2D eigenvalue weighted by atomic mass is 32.2. The van der Waals surface area contributed by atoms with Gasteiger partial charge in [-0.15, -0.1) is 0 Å². The van der Waals surface area contributed by atoms with E-state index < -0.39 is 10.0 Å². The van der Waals surface area contributed by atoms with E-state index in [-0.39, 0.29) is 17.3 Å². The summed E-state index contributed by atoms with van der Waals surface area (Å²) in [7, 11) is -2.09. The number of carbonyl (C=O) groups is 1. The SMILES string of the molecule is COc1ccc(S(=O)(=O)NCc2ccc(C(=O)N3C[C@@H](C)C[C@H](C)C3)cc2)cc1. The van der Waals surface area contributed by atoms with Crippen molar-refractivity contribution in [2.75, 3.05) is 20.2 Å². The number of amides is 1. The Morgan fingerprint density at radius 1 is 1.03 bits per heavy atom. The predicted molar refractivity (Wildman–Crippen MR) is 112 cm³/mol. The van der Waals surface area contributed by atoms with Crippen LogP contribution >= 0.6 is 0 Å². The molecule has 3 rings (SSSR count). The van der Waals surface area contributed by atoms with Gasteiger partial charge in [-0.2, -0.15) is 0 Å². The lowest BCUT2D eigenvalue weighted by molar-refractivity contribution is 0.0623. The van der Waals surface area contributed by atoms with E-state index in [9.17, 15) is 13.2 Å². The summed E-state index contributed by atoms with van der Waals surface area (Å²) in [5.74, 6) is 1.65. The van der Waals surface area contributed by atoms with Crippen LogP contribution in [0.25, 0.3) is 0 Å². The molecular weight excluding hydrogens is 388 g/mol. The summed E-state index contributed by atoms with van der Waals surface area (Å²) in [6, 6.07) is 13.3. The highest BCUT2D eigenvalue weighted by molar-refractivity contribution is 7.89. The Labute approximate surface area is 172 Å². The van der Waals surface area contributed by atoms with Gasteiger partial charge in [-0.1, -0.05) is 26.0 Å². The Kier molecular flexibility index (Phi) is 6.59. The molecule has 1 amide bonds. The molecule has 0 bridgehead atoms. The molecule has 0 spiro atoms. The van der Waals surface area contributed by atoms with Crippen LogP contribution in [0.15, 0.2) is 53.4 Å². The number of piperidine rings is 1. The summed E-state index contributed by atoms with van der Waals surface area (Å²) < 4.78 is 32.5. The number of nitrogens with one attached hydrogen (secondary N) is 1. The fraction of sp³-hybridized carbons (Fsp3) is 0.409. The van der Waals surface area contributed by atoms with Gasteiger partial charge in [0.25, 0.3) is 5.91 Å². The Balaban J connectivity index is 1.62. The van der Waals surface area contributed by atoms with Crippen molar-refractivity contribution in [2.24, 2.45) is 11.8 Å². The van der Waals surface area contributed by atoms with Gasteiger partial charge in [0.2, 0.25) is 10.0 Å². The second kappa shape index (κ2) is 8.97. The fourth-order valence-electron chi connectivity index (χ4n) is 3.79. The summed E-state index contributed by atoms with van der Waals surface area (Å²) in [5.41, 5.74) is 1.42. The minimum absolute atomic E-state index is 0.0359. The van der Waals surface area contributed by atoms with Gasteiger partial charge in [-0.3, -0.25) is 4.79 Å². The molecule has 0 unspecified atom stereocenters. The summed E-state index contributed by atoms with van der Waals surface area (Å²) in [5, 5.41) is 0. The third-order valence-corrected chi connectivity index (χ3v) is 6.61. The van der Waals surface area contributed by atoms with Gasteiger partial charge in [0.15, 0.2) is 0 Å². The summed E-state index contributed by atoms with van der Waals surface area (Å²) in [6.07, 6.45) is 1.15. The molecule has 2 aromatic carbocycles. The quantitative estimate of drug-likeness (QED) is 0.784. The molecule has 7 heteroatoms. The zero-order valence-corrected chi connectivity index (χ0v) is 17.9. The molecular formula is C22H28N2O4S. The molecule has 0 aromatic heterocycles. The summed E-state index contributed by atoms with van der Waals surface area (Å²) >= 11 is 0. The number of hydrogen-bond acceptors (Lipinski definition) is 4. The monoisotopic (exact) mass is 416 g/mol. The number of sulfonamides is 1. The maximum Gasteiger partial charge on any atom is 0.253 e.